The molecule has 0 spiro atoms. The molecule has 0 saturated heterocycles. The molecule has 0 radical (unpaired) electrons. The Morgan fingerprint density at radius 3 is 2.06 bits per heavy atom. The minimum atomic E-state index is -0.258. The van der Waals surface area contributed by atoms with Gasteiger partial charge < -0.3 is 19.6 Å². The van der Waals surface area contributed by atoms with Crippen LogP contribution in [0.25, 0.3) is 0 Å². The second kappa shape index (κ2) is 5.14. The van der Waals surface area contributed by atoms with E-state index >= 15 is 0 Å². The molecule has 1 heterocycles. The maximum atomic E-state index is 6.21. The van der Waals surface area contributed by atoms with Gasteiger partial charge in [0.15, 0.2) is 0 Å². The van der Waals surface area contributed by atoms with Crippen LogP contribution in [0.2, 0.25) is 0 Å². The normalized spacial score (nSPS) is 12.2. The predicted molar refractivity (Wildman–Crippen MR) is 69.0 cm³/mol. The summed E-state index contributed by atoms with van der Waals surface area (Å²) in [4.78, 5) is 0. The molecule has 0 aliphatic rings. The van der Waals surface area contributed by atoms with Crippen LogP contribution in [0.4, 0.5) is 0 Å². The minimum Gasteiger partial charge on any atom is -0.497 e. The Balaban J connectivity index is 2.37. The molecule has 1 aromatic carbocycles. The van der Waals surface area contributed by atoms with Crippen molar-refractivity contribution in [1.29, 1.82) is 0 Å². The molecular formula is C14H17NO3. The number of benzene rings is 1. The van der Waals surface area contributed by atoms with Gasteiger partial charge in [-0.15, -0.1) is 0 Å². The smallest absolute Gasteiger partial charge is 0.122 e. The molecule has 1 unspecified atom stereocenters. The zero-order chi connectivity index (χ0) is 13.1. The van der Waals surface area contributed by atoms with Crippen LogP contribution in [0.5, 0.6) is 11.5 Å². The number of ether oxygens (including phenoxy) is 2. The summed E-state index contributed by atoms with van der Waals surface area (Å²) in [6.45, 7) is 1.89. The zero-order valence-electron chi connectivity index (χ0n) is 10.8. The fourth-order valence-corrected chi connectivity index (χ4v) is 1.83. The maximum Gasteiger partial charge on any atom is 0.122 e. The molecule has 2 aromatic rings. The van der Waals surface area contributed by atoms with Crippen molar-refractivity contribution in [2.75, 3.05) is 14.2 Å². The van der Waals surface area contributed by atoms with E-state index in [2.05, 4.69) is 0 Å². The molecule has 2 N–H and O–H groups in total. The number of furan rings is 1. The van der Waals surface area contributed by atoms with Crippen LogP contribution in [-0.4, -0.2) is 14.2 Å². The number of hydrogen-bond acceptors (Lipinski definition) is 4. The SMILES string of the molecule is COc1cc(OC)cc(C(N)c2coc(C)c2)c1. The Bertz CT molecular complexity index is 511. The average Bonchev–Trinajstić information content (AvgIpc) is 2.83. The average molecular weight is 247 g/mol. The molecule has 4 nitrogen and oxygen atoms in total. The molecule has 96 valence electrons. The number of nitrogens with two attached hydrogens (primary N) is 1. The molecule has 0 fully saturated rings. The molecule has 0 bridgehead atoms. The summed E-state index contributed by atoms with van der Waals surface area (Å²) in [7, 11) is 3.23. The van der Waals surface area contributed by atoms with Crippen LogP contribution >= 0.6 is 0 Å². The van der Waals surface area contributed by atoms with Crippen molar-refractivity contribution in [1.82, 2.24) is 0 Å². The number of rotatable bonds is 4. The first-order valence-electron chi connectivity index (χ1n) is 5.67. The third-order valence-corrected chi connectivity index (χ3v) is 2.84. The largest absolute Gasteiger partial charge is 0.497 e. The quantitative estimate of drug-likeness (QED) is 0.902. The van der Waals surface area contributed by atoms with Gasteiger partial charge in [0.25, 0.3) is 0 Å². The van der Waals surface area contributed by atoms with Crippen molar-refractivity contribution >= 4 is 0 Å². The summed E-state index contributed by atoms with van der Waals surface area (Å²) in [6.07, 6.45) is 1.67. The van der Waals surface area contributed by atoms with E-state index in [1.807, 2.05) is 31.2 Å². The lowest BCUT2D eigenvalue weighted by atomic mass is 10.0. The van der Waals surface area contributed by atoms with Crippen molar-refractivity contribution in [2.45, 2.75) is 13.0 Å². The topological polar surface area (TPSA) is 57.6 Å². The van der Waals surface area contributed by atoms with Gasteiger partial charge in [-0.25, -0.2) is 0 Å². The summed E-state index contributed by atoms with van der Waals surface area (Å²) in [5.74, 6) is 2.29. The van der Waals surface area contributed by atoms with Gasteiger partial charge in [0.1, 0.15) is 17.3 Å². The maximum absolute atomic E-state index is 6.21. The van der Waals surface area contributed by atoms with E-state index in [0.717, 1.165) is 28.4 Å². The summed E-state index contributed by atoms with van der Waals surface area (Å²) in [6, 6.07) is 7.28. The van der Waals surface area contributed by atoms with E-state index in [0.29, 0.717) is 0 Å². The lowest BCUT2D eigenvalue weighted by Gasteiger charge is -2.13. The molecular weight excluding hydrogens is 230 g/mol. The number of methoxy groups -OCH3 is 2. The second-order valence-corrected chi connectivity index (χ2v) is 4.11. The van der Waals surface area contributed by atoms with Gasteiger partial charge in [0.05, 0.1) is 26.5 Å². The second-order valence-electron chi connectivity index (χ2n) is 4.11. The van der Waals surface area contributed by atoms with Crippen LogP contribution in [0.3, 0.4) is 0 Å². The fraction of sp³-hybridized carbons (Fsp3) is 0.286. The van der Waals surface area contributed by atoms with E-state index in [-0.39, 0.29) is 6.04 Å². The molecule has 4 heteroatoms. The molecule has 0 saturated carbocycles. The molecule has 18 heavy (non-hydrogen) atoms. The molecule has 1 atom stereocenters. The number of hydrogen-bond donors (Lipinski definition) is 1. The Labute approximate surface area is 106 Å². The minimum absolute atomic E-state index is 0.258. The highest BCUT2D eigenvalue weighted by molar-refractivity contribution is 5.42. The Hall–Kier alpha value is -1.94. The Morgan fingerprint density at radius 2 is 1.61 bits per heavy atom. The Morgan fingerprint density at radius 1 is 1.00 bits per heavy atom. The predicted octanol–water partition coefficient (Wildman–Crippen LogP) is 2.65. The monoisotopic (exact) mass is 247 g/mol. The van der Waals surface area contributed by atoms with E-state index in [1.165, 1.54) is 0 Å². The first-order valence-corrected chi connectivity index (χ1v) is 5.67. The van der Waals surface area contributed by atoms with Gasteiger partial charge >= 0.3 is 0 Å². The first-order chi connectivity index (χ1) is 8.63. The highest BCUT2D eigenvalue weighted by atomic mass is 16.5. The summed E-state index contributed by atoms with van der Waals surface area (Å²) in [5.41, 5.74) is 8.06. The van der Waals surface area contributed by atoms with Crippen LogP contribution in [-0.2, 0) is 0 Å². The zero-order valence-corrected chi connectivity index (χ0v) is 10.8. The van der Waals surface area contributed by atoms with Crippen LogP contribution in [0.15, 0.2) is 34.9 Å². The van der Waals surface area contributed by atoms with Crippen molar-refractivity contribution in [3.8, 4) is 11.5 Å². The lowest BCUT2D eigenvalue weighted by Crippen LogP contribution is -2.11. The van der Waals surface area contributed by atoms with Gasteiger partial charge in [-0.1, -0.05) is 0 Å². The van der Waals surface area contributed by atoms with Crippen LogP contribution in [0, 0.1) is 6.92 Å². The highest BCUT2D eigenvalue weighted by Crippen LogP contribution is 2.29. The first kappa shape index (κ1) is 12.5. The van der Waals surface area contributed by atoms with Crippen molar-refractivity contribution < 1.29 is 13.9 Å². The van der Waals surface area contributed by atoms with Gasteiger partial charge in [0.2, 0.25) is 0 Å². The van der Waals surface area contributed by atoms with Gasteiger partial charge in [-0.05, 0) is 30.7 Å². The van der Waals surface area contributed by atoms with E-state index in [1.54, 1.807) is 20.5 Å². The van der Waals surface area contributed by atoms with E-state index in [4.69, 9.17) is 19.6 Å². The van der Waals surface area contributed by atoms with Crippen LogP contribution in [0.1, 0.15) is 22.9 Å². The summed E-state index contributed by atoms with van der Waals surface area (Å²) >= 11 is 0. The third-order valence-electron chi connectivity index (χ3n) is 2.84. The van der Waals surface area contributed by atoms with E-state index < -0.39 is 0 Å². The molecule has 1 aromatic heterocycles. The summed E-state index contributed by atoms with van der Waals surface area (Å²) in [5, 5.41) is 0. The van der Waals surface area contributed by atoms with Gasteiger partial charge in [-0.3, -0.25) is 0 Å². The lowest BCUT2D eigenvalue weighted by molar-refractivity contribution is 0.393. The van der Waals surface area contributed by atoms with Gasteiger partial charge in [0, 0.05) is 11.6 Å². The summed E-state index contributed by atoms with van der Waals surface area (Å²) < 4.78 is 15.7. The fourth-order valence-electron chi connectivity index (χ4n) is 1.83. The Kier molecular flexibility index (Phi) is 3.58. The van der Waals surface area contributed by atoms with E-state index in [9.17, 15) is 0 Å². The van der Waals surface area contributed by atoms with Crippen molar-refractivity contribution in [3.05, 3.63) is 47.4 Å². The van der Waals surface area contributed by atoms with Crippen LogP contribution < -0.4 is 15.2 Å². The van der Waals surface area contributed by atoms with Crippen molar-refractivity contribution in [2.24, 2.45) is 5.73 Å². The molecule has 0 aliphatic carbocycles. The third kappa shape index (κ3) is 2.49. The molecule has 0 amide bonds. The highest BCUT2D eigenvalue weighted by Gasteiger charge is 2.13. The van der Waals surface area contributed by atoms with Crippen molar-refractivity contribution in [3.63, 3.8) is 0 Å². The number of aryl methyl sites for hydroxylation is 1. The van der Waals surface area contributed by atoms with Gasteiger partial charge in [-0.2, -0.15) is 0 Å². The molecule has 0 aliphatic heterocycles. The standard InChI is InChI=1S/C14H17NO3/c1-9-4-11(8-18-9)14(15)10-5-12(16-2)7-13(6-10)17-3/h4-8,14H,15H2,1-3H3. The molecule has 2 rings (SSSR count).